The zero-order chi connectivity index (χ0) is 48.9. The average molecular weight is 933 g/mol. The van der Waals surface area contributed by atoms with E-state index in [1.807, 2.05) is 0 Å². The predicted molar refractivity (Wildman–Crippen MR) is 297 cm³/mol. The summed E-state index contributed by atoms with van der Waals surface area (Å²) in [5, 5.41) is 0. The molecule has 0 bridgehead atoms. The van der Waals surface area contributed by atoms with Crippen molar-refractivity contribution in [1.29, 1.82) is 0 Å². The lowest BCUT2D eigenvalue weighted by atomic mass is 9.73. The zero-order valence-corrected chi connectivity index (χ0v) is 41.7. The number of benzene rings is 8. The Morgan fingerprint density at radius 2 is 0.597 bits per heavy atom. The molecule has 0 amide bonds. The Balaban J connectivity index is 1.08. The number of aromatic nitrogens is 3. The Kier molecular flexibility index (Phi) is 9.92. The molecule has 13 rings (SSSR count). The minimum atomic E-state index is -0.214. The lowest BCUT2D eigenvalue weighted by Gasteiger charge is -2.43. The molecule has 6 heteroatoms. The van der Waals surface area contributed by atoms with Crippen molar-refractivity contribution in [2.24, 2.45) is 0 Å². The van der Waals surface area contributed by atoms with Gasteiger partial charge in [-0.15, -0.1) is 0 Å². The second-order valence-corrected chi connectivity index (χ2v) is 21.1. The molecule has 350 valence electrons. The van der Waals surface area contributed by atoms with Crippen molar-refractivity contribution in [3.05, 3.63) is 251 Å². The number of hydrogen-bond acceptors (Lipinski definition) is 6. The van der Waals surface area contributed by atoms with E-state index < -0.39 is 0 Å². The fraction of sp³-hybridized carbons (Fsp3) is 0.167. The van der Waals surface area contributed by atoms with Crippen LogP contribution in [0.4, 0.5) is 45.5 Å². The molecule has 0 radical (unpaired) electrons. The van der Waals surface area contributed by atoms with E-state index in [1.165, 1.54) is 50.5 Å². The molecule has 0 atom stereocenters. The zero-order valence-electron chi connectivity index (χ0n) is 41.7. The summed E-state index contributed by atoms with van der Waals surface area (Å²) in [6.07, 6.45) is 6.24. The number of fused-ring (bicyclic) bond motifs is 6. The van der Waals surface area contributed by atoms with E-state index >= 15 is 0 Å². The van der Waals surface area contributed by atoms with Crippen LogP contribution in [-0.2, 0) is 16.2 Å². The summed E-state index contributed by atoms with van der Waals surface area (Å²) in [5.74, 6) is 1.84. The number of anilines is 8. The van der Waals surface area contributed by atoms with Gasteiger partial charge in [-0.3, -0.25) is 0 Å². The second kappa shape index (κ2) is 16.4. The van der Waals surface area contributed by atoms with Crippen molar-refractivity contribution in [3.8, 4) is 22.8 Å². The van der Waals surface area contributed by atoms with Crippen molar-refractivity contribution in [2.45, 2.75) is 70.6 Å². The Hall–Kier alpha value is -8.35. The molecular weight excluding hydrogens is 877 g/mol. The largest absolute Gasteiger partial charge is 0.313 e. The van der Waals surface area contributed by atoms with Crippen LogP contribution < -0.4 is 14.7 Å². The van der Waals surface area contributed by atoms with Gasteiger partial charge in [-0.2, -0.15) is 0 Å². The van der Waals surface area contributed by atoms with E-state index in [0.717, 1.165) is 63.7 Å². The van der Waals surface area contributed by atoms with Gasteiger partial charge in [0.1, 0.15) is 0 Å². The maximum atomic E-state index is 5.67. The van der Waals surface area contributed by atoms with Crippen LogP contribution in [0.3, 0.4) is 0 Å². The van der Waals surface area contributed by atoms with Gasteiger partial charge in [0.15, 0.2) is 17.5 Å². The van der Waals surface area contributed by atoms with E-state index in [2.05, 4.69) is 263 Å². The van der Waals surface area contributed by atoms with Crippen molar-refractivity contribution < 1.29 is 0 Å². The monoisotopic (exact) mass is 932 g/mol. The highest BCUT2D eigenvalue weighted by atomic mass is 15.2. The van der Waals surface area contributed by atoms with Crippen LogP contribution >= 0.6 is 0 Å². The number of nitrogens with zero attached hydrogens (tertiary/aromatic N) is 6. The predicted octanol–water partition coefficient (Wildman–Crippen LogP) is 17.0. The molecule has 0 spiro atoms. The molecule has 1 aromatic heterocycles. The number of allylic oxidation sites excluding steroid dienone is 4. The first-order valence-corrected chi connectivity index (χ1v) is 25.4. The minimum Gasteiger partial charge on any atom is -0.313 e. The van der Waals surface area contributed by atoms with Crippen molar-refractivity contribution >= 4 is 51.1 Å². The average Bonchev–Trinajstić information content (AvgIpc) is 3.41. The lowest BCUT2D eigenvalue weighted by molar-refractivity contribution is 0.628. The fourth-order valence-electron chi connectivity index (χ4n) is 12.4. The van der Waals surface area contributed by atoms with Crippen LogP contribution in [0.25, 0.3) is 28.3 Å². The number of hydrogen-bond donors (Lipinski definition) is 0. The third-order valence-corrected chi connectivity index (χ3v) is 16.0. The molecule has 6 nitrogen and oxygen atoms in total. The number of rotatable bonds is 6. The van der Waals surface area contributed by atoms with Crippen molar-refractivity contribution in [3.63, 3.8) is 0 Å². The highest BCUT2D eigenvalue weighted by Gasteiger charge is 2.41. The van der Waals surface area contributed by atoms with E-state index in [0.29, 0.717) is 17.5 Å². The van der Waals surface area contributed by atoms with E-state index in [1.54, 1.807) is 0 Å². The van der Waals surface area contributed by atoms with Gasteiger partial charge in [0.2, 0.25) is 0 Å². The van der Waals surface area contributed by atoms with Crippen LogP contribution in [0.1, 0.15) is 93.6 Å². The van der Waals surface area contributed by atoms with Gasteiger partial charge in [-0.05, 0) is 107 Å². The third kappa shape index (κ3) is 6.51. The summed E-state index contributed by atoms with van der Waals surface area (Å²) in [5.41, 5.74) is 19.9. The summed E-state index contributed by atoms with van der Waals surface area (Å²) < 4.78 is 0. The van der Waals surface area contributed by atoms with Gasteiger partial charge in [0.25, 0.3) is 0 Å². The van der Waals surface area contributed by atoms with E-state index in [4.69, 9.17) is 15.0 Å². The van der Waals surface area contributed by atoms with Crippen LogP contribution in [-0.4, -0.2) is 15.0 Å². The summed E-state index contributed by atoms with van der Waals surface area (Å²) >= 11 is 0. The third-order valence-electron chi connectivity index (χ3n) is 16.0. The molecule has 1 aliphatic carbocycles. The summed E-state index contributed by atoms with van der Waals surface area (Å²) in [7, 11) is 0. The SMILES string of the molecule is CC1(C)c2ccccc2N(C2=C(c3nc(-c4ccccc4N4c5ccccc5C(C)(C)c5ccccc54)nc(-c4ccccc4N4c5ccccc5C(C)(C)c5ccccc54)n3)C=CCC2)c2ccccc21. The highest BCUT2D eigenvalue weighted by Crippen LogP contribution is 2.56. The molecule has 0 N–H and O–H groups in total. The molecule has 0 fully saturated rings. The Morgan fingerprint density at radius 3 is 0.944 bits per heavy atom. The van der Waals surface area contributed by atoms with Gasteiger partial charge in [0, 0.05) is 50.0 Å². The maximum absolute atomic E-state index is 5.67. The van der Waals surface area contributed by atoms with E-state index in [-0.39, 0.29) is 16.2 Å². The Labute approximate surface area is 423 Å². The smallest absolute Gasteiger partial charge is 0.166 e. The summed E-state index contributed by atoms with van der Waals surface area (Å²) in [6, 6.07) is 70.4. The molecule has 3 aliphatic heterocycles. The van der Waals surface area contributed by atoms with Crippen molar-refractivity contribution in [2.75, 3.05) is 14.7 Å². The Bertz CT molecular complexity index is 3410. The Morgan fingerprint density at radius 1 is 0.319 bits per heavy atom. The molecule has 0 unspecified atom stereocenters. The molecule has 8 aromatic carbocycles. The van der Waals surface area contributed by atoms with Crippen molar-refractivity contribution in [1.82, 2.24) is 15.0 Å². The molecule has 72 heavy (non-hydrogen) atoms. The van der Waals surface area contributed by atoms with Crippen LogP contribution in [0.5, 0.6) is 0 Å². The normalized spacial score (nSPS) is 16.5. The second-order valence-electron chi connectivity index (χ2n) is 21.1. The molecule has 0 saturated carbocycles. The van der Waals surface area contributed by atoms with Gasteiger partial charge in [-0.25, -0.2) is 15.0 Å². The molecular formula is C66H56N6. The minimum absolute atomic E-state index is 0.197. The van der Waals surface area contributed by atoms with Gasteiger partial charge >= 0.3 is 0 Å². The van der Waals surface area contributed by atoms with E-state index in [9.17, 15) is 0 Å². The fourth-order valence-corrected chi connectivity index (χ4v) is 12.4. The quantitative estimate of drug-likeness (QED) is 0.166. The lowest BCUT2D eigenvalue weighted by Crippen LogP contribution is -2.33. The maximum Gasteiger partial charge on any atom is 0.166 e. The van der Waals surface area contributed by atoms with Gasteiger partial charge in [0.05, 0.1) is 34.1 Å². The molecule has 4 heterocycles. The summed E-state index contributed by atoms with van der Waals surface area (Å²) in [6.45, 7) is 14.0. The first-order chi connectivity index (χ1) is 35.0. The summed E-state index contributed by atoms with van der Waals surface area (Å²) in [4.78, 5) is 24.3. The first-order valence-electron chi connectivity index (χ1n) is 25.4. The topological polar surface area (TPSA) is 48.4 Å². The molecule has 0 saturated heterocycles. The molecule has 4 aliphatic rings. The first kappa shape index (κ1) is 43.7. The van der Waals surface area contributed by atoms with Gasteiger partial charge in [-0.1, -0.05) is 187 Å². The van der Waals surface area contributed by atoms with Crippen LogP contribution in [0.15, 0.2) is 212 Å². The van der Waals surface area contributed by atoms with Crippen LogP contribution in [0, 0.1) is 0 Å². The highest BCUT2D eigenvalue weighted by molar-refractivity contribution is 5.95. The standard InChI is InChI=1S/C66H56N6/c1-64(2)46-28-10-19-37-55(46)70(56-38-20-11-29-47(56)64)52-34-16-7-25-43(52)61-67-62(44-26-8-17-35-53(44)71-57-39-21-12-30-48(57)65(3,4)49-31-13-22-40-58(49)71)69-63(68-61)45-27-9-18-36-54(45)72-59-41-23-14-32-50(59)66(5,6)51-33-15-24-42-60(51)72/h7-17,19-35,37-42H,18,36H2,1-6H3. The molecule has 9 aromatic rings. The number of para-hydroxylation sites is 8. The van der Waals surface area contributed by atoms with Gasteiger partial charge < -0.3 is 14.7 Å². The van der Waals surface area contributed by atoms with Crippen LogP contribution in [0.2, 0.25) is 0 Å².